The van der Waals surface area contributed by atoms with Gasteiger partial charge >= 0.3 is 0 Å². The molecule has 0 radical (unpaired) electrons. The smallest absolute Gasteiger partial charge is 0.276 e. The molecule has 3 rings (SSSR count). The first-order valence-corrected chi connectivity index (χ1v) is 9.57. The predicted octanol–water partition coefficient (Wildman–Crippen LogP) is 0.803. The highest BCUT2D eigenvalue weighted by atomic mass is 16.2. The van der Waals surface area contributed by atoms with Gasteiger partial charge in [-0.1, -0.05) is 5.21 Å². The summed E-state index contributed by atoms with van der Waals surface area (Å²) < 4.78 is 1.72. The van der Waals surface area contributed by atoms with E-state index in [-0.39, 0.29) is 17.4 Å². The fourth-order valence-electron chi connectivity index (χ4n) is 3.44. The Morgan fingerprint density at radius 3 is 2.31 bits per heavy atom. The predicted molar refractivity (Wildman–Crippen MR) is 97.8 cm³/mol. The van der Waals surface area contributed by atoms with Crippen molar-refractivity contribution in [3.05, 3.63) is 11.9 Å². The Labute approximate surface area is 155 Å². The van der Waals surface area contributed by atoms with Crippen molar-refractivity contribution in [1.82, 2.24) is 29.7 Å². The molecule has 1 aromatic heterocycles. The average molecular weight is 362 g/mol. The molecule has 0 unspecified atom stereocenters. The summed E-state index contributed by atoms with van der Waals surface area (Å²) in [5.41, 5.74) is 0.193. The van der Waals surface area contributed by atoms with Gasteiger partial charge in [0.2, 0.25) is 5.91 Å². The summed E-state index contributed by atoms with van der Waals surface area (Å²) >= 11 is 0. The van der Waals surface area contributed by atoms with Gasteiger partial charge in [-0.05, 0) is 40.0 Å². The maximum absolute atomic E-state index is 12.7. The van der Waals surface area contributed by atoms with Gasteiger partial charge in [-0.3, -0.25) is 14.5 Å². The van der Waals surface area contributed by atoms with E-state index in [0.29, 0.717) is 25.3 Å². The van der Waals surface area contributed by atoms with Crippen molar-refractivity contribution >= 4 is 11.8 Å². The summed E-state index contributed by atoms with van der Waals surface area (Å²) in [6, 6.07) is 0. The molecule has 2 fully saturated rings. The van der Waals surface area contributed by atoms with Crippen LogP contribution in [0, 0.1) is 0 Å². The Hall–Kier alpha value is -1.96. The number of carbonyl (C=O) groups is 2. The maximum atomic E-state index is 12.7. The summed E-state index contributed by atoms with van der Waals surface area (Å²) in [5.74, 6) is 0.142. The number of aromatic nitrogens is 3. The lowest BCUT2D eigenvalue weighted by Crippen LogP contribution is -2.41. The van der Waals surface area contributed by atoms with Crippen LogP contribution in [0.15, 0.2) is 6.20 Å². The van der Waals surface area contributed by atoms with Crippen molar-refractivity contribution in [3.63, 3.8) is 0 Å². The van der Waals surface area contributed by atoms with Crippen LogP contribution in [0.5, 0.6) is 0 Å². The quantitative estimate of drug-likeness (QED) is 0.795. The molecule has 0 N–H and O–H groups in total. The van der Waals surface area contributed by atoms with E-state index in [1.165, 1.54) is 0 Å². The second-order valence-electron chi connectivity index (χ2n) is 8.23. The van der Waals surface area contributed by atoms with E-state index >= 15 is 0 Å². The van der Waals surface area contributed by atoms with Crippen molar-refractivity contribution in [2.75, 3.05) is 45.8 Å². The van der Waals surface area contributed by atoms with Crippen LogP contribution in [0.3, 0.4) is 0 Å². The number of hydrogen-bond acceptors (Lipinski definition) is 5. The summed E-state index contributed by atoms with van der Waals surface area (Å²) in [7, 11) is 0. The Morgan fingerprint density at radius 1 is 0.962 bits per heavy atom. The standard InChI is InChI=1S/C18H30N6O2/c1-18(2,3)24-13-15(19-20-24)17(26)23-10-6-7-21(11-12-23)14-16(25)22-8-4-5-9-22/h13H,4-12,14H2,1-3H3. The lowest BCUT2D eigenvalue weighted by molar-refractivity contribution is -0.131. The van der Waals surface area contributed by atoms with E-state index in [1.54, 1.807) is 10.9 Å². The van der Waals surface area contributed by atoms with Crippen LogP contribution >= 0.6 is 0 Å². The number of amides is 2. The monoisotopic (exact) mass is 362 g/mol. The zero-order valence-corrected chi connectivity index (χ0v) is 16.1. The molecule has 8 nitrogen and oxygen atoms in total. The summed E-state index contributed by atoms with van der Waals surface area (Å²) in [4.78, 5) is 31.0. The summed E-state index contributed by atoms with van der Waals surface area (Å²) in [5, 5.41) is 8.14. The molecule has 26 heavy (non-hydrogen) atoms. The van der Waals surface area contributed by atoms with Crippen molar-refractivity contribution in [3.8, 4) is 0 Å². The van der Waals surface area contributed by atoms with Crippen molar-refractivity contribution < 1.29 is 9.59 Å². The molecule has 3 heterocycles. The Balaban J connectivity index is 1.55. The summed E-state index contributed by atoms with van der Waals surface area (Å²) in [6.07, 6.45) is 4.82. The minimum absolute atomic E-state index is 0.0757. The molecule has 0 bridgehead atoms. The SMILES string of the molecule is CC(C)(C)n1cc(C(=O)N2CCCN(CC(=O)N3CCCC3)CC2)nn1. The molecule has 0 spiro atoms. The minimum Gasteiger partial charge on any atom is -0.342 e. The fourth-order valence-corrected chi connectivity index (χ4v) is 3.44. The number of likely N-dealkylation sites (tertiary alicyclic amines) is 1. The molecule has 2 aliphatic heterocycles. The minimum atomic E-state index is -0.197. The van der Waals surface area contributed by atoms with Crippen LogP contribution in [-0.4, -0.2) is 87.3 Å². The van der Waals surface area contributed by atoms with Crippen LogP contribution in [0.25, 0.3) is 0 Å². The molecule has 0 atom stereocenters. The van der Waals surface area contributed by atoms with Gasteiger partial charge in [0.1, 0.15) is 0 Å². The van der Waals surface area contributed by atoms with E-state index in [0.717, 1.165) is 45.4 Å². The van der Waals surface area contributed by atoms with E-state index in [9.17, 15) is 9.59 Å². The first-order valence-electron chi connectivity index (χ1n) is 9.57. The molecule has 2 aliphatic rings. The van der Waals surface area contributed by atoms with E-state index in [2.05, 4.69) is 15.2 Å². The molecule has 8 heteroatoms. The Bertz CT molecular complexity index is 644. The number of rotatable bonds is 3. The van der Waals surface area contributed by atoms with Crippen molar-refractivity contribution in [2.45, 2.75) is 45.6 Å². The van der Waals surface area contributed by atoms with Gasteiger partial charge in [-0.2, -0.15) is 0 Å². The van der Waals surface area contributed by atoms with E-state index < -0.39 is 0 Å². The van der Waals surface area contributed by atoms with Gasteiger partial charge in [-0.15, -0.1) is 5.10 Å². The van der Waals surface area contributed by atoms with Crippen LogP contribution < -0.4 is 0 Å². The van der Waals surface area contributed by atoms with E-state index in [1.807, 2.05) is 30.6 Å². The molecule has 2 saturated heterocycles. The normalized spacial score (nSPS) is 19.7. The molecule has 0 aliphatic carbocycles. The highest BCUT2D eigenvalue weighted by Gasteiger charge is 2.26. The van der Waals surface area contributed by atoms with Gasteiger partial charge in [0, 0.05) is 39.3 Å². The molecular weight excluding hydrogens is 332 g/mol. The van der Waals surface area contributed by atoms with Crippen LogP contribution in [0.2, 0.25) is 0 Å². The number of nitrogens with zero attached hydrogens (tertiary/aromatic N) is 6. The highest BCUT2D eigenvalue weighted by Crippen LogP contribution is 2.14. The van der Waals surface area contributed by atoms with Crippen LogP contribution in [0.4, 0.5) is 0 Å². The first kappa shape index (κ1) is 18.8. The molecule has 1 aromatic rings. The van der Waals surface area contributed by atoms with Gasteiger partial charge in [0.05, 0.1) is 18.3 Å². The molecule has 144 valence electrons. The maximum Gasteiger partial charge on any atom is 0.276 e. The average Bonchev–Trinajstić information content (AvgIpc) is 3.23. The Kier molecular flexibility index (Phi) is 5.60. The Morgan fingerprint density at radius 2 is 1.65 bits per heavy atom. The third kappa shape index (κ3) is 4.41. The van der Waals surface area contributed by atoms with Gasteiger partial charge in [-0.25, -0.2) is 4.68 Å². The third-order valence-electron chi connectivity index (χ3n) is 5.09. The molecular formula is C18H30N6O2. The lowest BCUT2D eigenvalue weighted by Gasteiger charge is -2.23. The topological polar surface area (TPSA) is 74.6 Å². The van der Waals surface area contributed by atoms with Crippen molar-refractivity contribution in [2.24, 2.45) is 0 Å². The van der Waals surface area contributed by atoms with Gasteiger partial charge < -0.3 is 9.80 Å². The number of carbonyl (C=O) groups excluding carboxylic acids is 2. The van der Waals surface area contributed by atoms with Crippen molar-refractivity contribution in [1.29, 1.82) is 0 Å². The highest BCUT2D eigenvalue weighted by molar-refractivity contribution is 5.92. The second kappa shape index (κ2) is 7.73. The lowest BCUT2D eigenvalue weighted by atomic mass is 10.1. The fraction of sp³-hybridized carbons (Fsp3) is 0.778. The van der Waals surface area contributed by atoms with Gasteiger partial charge in [0.15, 0.2) is 5.69 Å². The second-order valence-corrected chi connectivity index (χ2v) is 8.23. The number of hydrogen-bond donors (Lipinski definition) is 0. The third-order valence-corrected chi connectivity index (χ3v) is 5.09. The first-order chi connectivity index (χ1) is 12.3. The zero-order chi connectivity index (χ0) is 18.7. The van der Waals surface area contributed by atoms with Crippen LogP contribution in [0.1, 0.15) is 50.5 Å². The molecule has 2 amide bonds. The molecule has 0 aromatic carbocycles. The summed E-state index contributed by atoms with van der Waals surface area (Å²) in [6.45, 7) is 11.2. The van der Waals surface area contributed by atoms with Gasteiger partial charge in [0.25, 0.3) is 5.91 Å². The zero-order valence-electron chi connectivity index (χ0n) is 16.1. The van der Waals surface area contributed by atoms with E-state index in [4.69, 9.17) is 0 Å². The molecule has 0 saturated carbocycles. The largest absolute Gasteiger partial charge is 0.342 e. The van der Waals surface area contributed by atoms with Crippen LogP contribution in [-0.2, 0) is 10.3 Å².